The molecule has 406 valence electrons. The van der Waals surface area contributed by atoms with Crippen LogP contribution in [0, 0.1) is 5.82 Å². The molecular formula is C61H56FN9O9. The number of hydrogen-bond donors (Lipinski definition) is 5. The molecule has 0 amide bonds. The number of ketones is 3. The summed E-state index contributed by atoms with van der Waals surface area (Å²) in [5.74, 6) is -2.44. The Labute approximate surface area is 458 Å². The Morgan fingerprint density at radius 2 is 0.812 bits per heavy atom. The first-order chi connectivity index (χ1) is 38.4. The average molecular weight is 1080 g/mol. The molecule has 9 aromatic rings. The number of aromatic nitrogens is 6. The van der Waals surface area contributed by atoms with Crippen LogP contribution in [0.5, 0.6) is 5.75 Å². The minimum absolute atomic E-state index is 0.0262. The van der Waals surface area contributed by atoms with Crippen LogP contribution >= 0.6 is 0 Å². The SMILES string of the molecule is CCn1nc(-c2ccccc2)c(C(C)=O)c(Nc2cccc(C(=O)O)c2)c1=O.CCn1nc(-c2ccccc2)c(C(C)=O)c(Nc2cccc(O)c2)c1=O.CCn1nc(-c2ccccc2)c(C(C)=O)c(Nc2ccccc2F)c1=O. The predicted octanol–water partition coefficient (Wildman–Crippen LogP) is 11.2. The topological polar surface area (TPSA) is 249 Å². The van der Waals surface area contributed by atoms with E-state index in [-0.39, 0.29) is 73.7 Å². The second-order valence-electron chi connectivity index (χ2n) is 17.7. The second-order valence-corrected chi connectivity index (χ2v) is 17.7. The molecule has 9 rings (SSSR count). The van der Waals surface area contributed by atoms with Crippen molar-refractivity contribution in [1.82, 2.24) is 29.3 Å². The summed E-state index contributed by atoms with van der Waals surface area (Å²) in [6.07, 6.45) is 0. The molecule has 0 aliphatic heterocycles. The van der Waals surface area contributed by atoms with E-state index < -0.39 is 22.9 Å². The fourth-order valence-corrected chi connectivity index (χ4v) is 8.42. The van der Waals surface area contributed by atoms with E-state index in [1.165, 1.54) is 71.2 Å². The number of Topliss-reactive ketones (excluding diaryl/α,β-unsaturated/α-hetero) is 3. The van der Waals surface area contributed by atoms with Gasteiger partial charge < -0.3 is 26.2 Å². The standard InChI is InChI=1S/C21H19N3O4.C20H18FN3O2.C20H19N3O3/c1-3-24-20(26)19(22-16-11-7-10-15(12-16)21(27)28)17(13(2)25)18(23-24)14-8-5-4-6-9-14;1-3-24-20(26)19(22-16-12-8-7-11-15(16)21)17(13(2)25)18(23-24)14-9-5-4-6-10-14;1-3-23-20(26)19(21-15-10-7-11-16(25)12-15)17(13(2)24)18(22-23)14-8-5-4-6-9-14/h4-12,22H,3H2,1-2H3,(H,27,28);4-12,22H,3H2,1-2H3;4-12,21,25H,3H2,1-2H3. The third-order valence-electron chi connectivity index (χ3n) is 12.2. The number of benzene rings is 6. The van der Waals surface area contributed by atoms with Gasteiger partial charge >= 0.3 is 5.97 Å². The highest BCUT2D eigenvalue weighted by molar-refractivity contribution is 6.07. The van der Waals surface area contributed by atoms with E-state index in [9.17, 15) is 48.2 Å². The van der Waals surface area contributed by atoms with Crippen LogP contribution < -0.4 is 32.6 Å². The number of rotatable bonds is 16. The largest absolute Gasteiger partial charge is 0.508 e. The maximum atomic E-state index is 14.1. The number of para-hydroxylation sites is 1. The molecule has 0 aliphatic rings. The number of aromatic carboxylic acids is 1. The van der Waals surface area contributed by atoms with Gasteiger partial charge in [0.05, 0.1) is 27.9 Å². The van der Waals surface area contributed by atoms with Gasteiger partial charge in [0.1, 0.15) is 45.7 Å². The Morgan fingerprint density at radius 1 is 0.463 bits per heavy atom. The van der Waals surface area contributed by atoms with Gasteiger partial charge in [-0.15, -0.1) is 0 Å². The summed E-state index contributed by atoms with van der Waals surface area (Å²) in [6.45, 7) is 10.5. The molecule has 3 aromatic heterocycles. The predicted molar refractivity (Wildman–Crippen MR) is 307 cm³/mol. The van der Waals surface area contributed by atoms with Crippen LogP contribution in [-0.4, -0.2) is 62.9 Å². The first kappa shape index (κ1) is 57.3. The van der Waals surface area contributed by atoms with Gasteiger partial charge in [0.15, 0.2) is 17.3 Å². The molecule has 0 fully saturated rings. The van der Waals surface area contributed by atoms with Crippen LogP contribution in [0.1, 0.15) is 83.0 Å². The van der Waals surface area contributed by atoms with Gasteiger partial charge in [0.25, 0.3) is 16.7 Å². The Balaban J connectivity index is 0.000000174. The maximum Gasteiger partial charge on any atom is 0.335 e. The molecule has 0 bridgehead atoms. The lowest BCUT2D eigenvalue weighted by molar-refractivity contribution is 0.0696. The van der Waals surface area contributed by atoms with Gasteiger partial charge in [0, 0.05) is 53.8 Å². The summed E-state index contributed by atoms with van der Waals surface area (Å²) in [4.78, 5) is 87.0. The number of halogens is 1. The number of phenolic OH excluding ortho intramolecular Hbond substituents is 1. The number of carboxylic acids is 1. The Morgan fingerprint density at radius 3 is 1.16 bits per heavy atom. The molecule has 0 aliphatic carbocycles. The summed E-state index contributed by atoms with van der Waals surface area (Å²) < 4.78 is 17.9. The Hall–Kier alpha value is -10.4. The first-order valence-electron chi connectivity index (χ1n) is 25.3. The molecule has 0 saturated carbocycles. The lowest BCUT2D eigenvalue weighted by Crippen LogP contribution is -2.28. The van der Waals surface area contributed by atoms with Gasteiger partial charge in [0.2, 0.25) is 0 Å². The number of nitrogens with zero attached hydrogens (tertiary/aromatic N) is 6. The zero-order chi connectivity index (χ0) is 57.6. The third-order valence-corrected chi connectivity index (χ3v) is 12.2. The molecule has 0 saturated heterocycles. The van der Waals surface area contributed by atoms with E-state index in [4.69, 9.17) is 0 Å². The van der Waals surface area contributed by atoms with E-state index >= 15 is 0 Å². The summed E-state index contributed by atoms with van der Waals surface area (Å²) in [5.41, 5.74) is 3.98. The van der Waals surface area contributed by atoms with Crippen LogP contribution in [-0.2, 0) is 19.6 Å². The molecule has 5 N–H and O–H groups in total. The second kappa shape index (κ2) is 26.1. The molecule has 0 atom stereocenters. The highest BCUT2D eigenvalue weighted by atomic mass is 19.1. The normalized spacial score (nSPS) is 10.5. The minimum atomic E-state index is -1.08. The summed E-state index contributed by atoms with van der Waals surface area (Å²) in [7, 11) is 0. The highest BCUT2D eigenvalue weighted by Gasteiger charge is 2.25. The van der Waals surface area contributed by atoms with Crippen molar-refractivity contribution in [2.45, 2.75) is 61.2 Å². The summed E-state index contributed by atoms with van der Waals surface area (Å²) in [6, 6.07) is 46.0. The van der Waals surface area contributed by atoms with Crippen LogP contribution in [0.2, 0.25) is 0 Å². The van der Waals surface area contributed by atoms with Gasteiger partial charge in [-0.05, 0) is 84.0 Å². The number of carbonyl (C=O) groups excluding carboxylic acids is 3. The van der Waals surface area contributed by atoms with Gasteiger partial charge in [-0.1, -0.05) is 115 Å². The quantitative estimate of drug-likeness (QED) is 0.0564. The number of aryl methyl sites for hydroxylation is 3. The average Bonchev–Trinajstić information content (AvgIpc) is 3.56. The van der Waals surface area contributed by atoms with E-state index in [0.29, 0.717) is 59.2 Å². The molecule has 80 heavy (non-hydrogen) atoms. The van der Waals surface area contributed by atoms with Crippen LogP contribution in [0.25, 0.3) is 33.8 Å². The fourth-order valence-electron chi connectivity index (χ4n) is 8.42. The van der Waals surface area contributed by atoms with Crippen molar-refractivity contribution in [3.8, 4) is 39.5 Å². The van der Waals surface area contributed by atoms with Crippen molar-refractivity contribution in [3.05, 3.63) is 223 Å². The molecule has 6 aromatic carbocycles. The number of nitrogens with one attached hydrogen (secondary N) is 3. The molecule has 19 heteroatoms. The molecular weight excluding hydrogens is 1020 g/mol. The fraction of sp³-hybridized carbons (Fsp3) is 0.148. The molecule has 18 nitrogen and oxygen atoms in total. The Kier molecular flexibility index (Phi) is 18.7. The number of aromatic hydroxyl groups is 1. The minimum Gasteiger partial charge on any atom is -0.508 e. The third kappa shape index (κ3) is 13.2. The number of carbonyl (C=O) groups is 4. The molecule has 3 heterocycles. The van der Waals surface area contributed by atoms with Crippen LogP contribution in [0.3, 0.4) is 0 Å². The van der Waals surface area contributed by atoms with E-state index in [2.05, 4.69) is 31.2 Å². The zero-order valence-corrected chi connectivity index (χ0v) is 44.5. The monoisotopic (exact) mass is 1080 g/mol. The van der Waals surface area contributed by atoms with Gasteiger partial charge in [-0.25, -0.2) is 23.2 Å². The van der Waals surface area contributed by atoms with Crippen LogP contribution in [0.4, 0.5) is 38.5 Å². The van der Waals surface area contributed by atoms with Crippen molar-refractivity contribution < 1.29 is 33.8 Å². The first-order valence-corrected chi connectivity index (χ1v) is 25.3. The van der Waals surface area contributed by atoms with Crippen molar-refractivity contribution in [1.29, 1.82) is 0 Å². The molecule has 0 unspecified atom stereocenters. The number of phenols is 1. The highest BCUT2D eigenvalue weighted by Crippen LogP contribution is 2.31. The molecule has 0 radical (unpaired) electrons. The van der Waals surface area contributed by atoms with Crippen molar-refractivity contribution in [2.24, 2.45) is 0 Å². The molecule has 0 spiro atoms. The number of anilines is 6. The summed E-state index contributed by atoms with van der Waals surface area (Å²) >= 11 is 0. The van der Waals surface area contributed by atoms with Crippen LogP contribution in [0.15, 0.2) is 178 Å². The maximum absolute atomic E-state index is 14.1. The lowest BCUT2D eigenvalue weighted by atomic mass is 10.0. The van der Waals surface area contributed by atoms with Crippen molar-refractivity contribution in [3.63, 3.8) is 0 Å². The Bertz CT molecular complexity index is 3940. The van der Waals surface area contributed by atoms with Crippen molar-refractivity contribution >= 4 is 57.4 Å². The number of hydrogen-bond acceptors (Lipinski definition) is 14. The van der Waals surface area contributed by atoms with Crippen molar-refractivity contribution in [2.75, 3.05) is 16.0 Å². The van der Waals surface area contributed by atoms with E-state index in [1.807, 2.05) is 97.9 Å². The van der Waals surface area contributed by atoms with Gasteiger partial charge in [-0.3, -0.25) is 28.8 Å². The smallest absolute Gasteiger partial charge is 0.335 e. The van der Waals surface area contributed by atoms with E-state index in [0.717, 1.165) is 5.56 Å². The zero-order valence-electron chi connectivity index (χ0n) is 44.5. The number of carboxylic acid groups (broad SMARTS) is 1. The van der Waals surface area contributed by atoms with E-state index in [1.54, 1.807) is 50.2 Å². The summed E-state index contributed by atoms with van der Waals surface area (Å²) in [5, 5.41) is 40.7. The lowest BCUT2D eigenvalue weighted by Gasteiger charge is -2.16. The van der Waals surface area contributed by atoms with Gasteiger partial charge in [-0.2, -0.15) is 15.3 Å².